The Labute approximate surface area is 109 Å². The van der Waals surface area contributed by atoms with E-state index in [9.17, 15) is 8.42 Å². The maximum atomic E-state index is 12.4. The lowest BCUT2D eigenvalue weighted by Gasteiger charge is -2.17. The summed E-state index contributed by atoms with van der Waals surface area (Å²) in [6, 6.07) is 8.62. The number of rotatable bonds is 5. The third kappa shape index (κ3) is 3.11. The average molecular weight is 265 g/mol. The van der Waals surface area contributed by atoms with Crippen molar-refractivity contribution in [2.75, 3.05) is 0 Å². The highest BCUT2D eigenvalue weighted by molar-refractivity contribution is 7.92. The fourth-order valence-corrected chi connectivity index (χ4v) is 3.68. The molecule has 0 aliphatic rings. The largest absolute Gasteiger partial charge is 0.222 e. The van der Waals surface area contributed by atoms with Gasteiger partial charge in [0.1, 0.15) is 0 Å². The number of hydrogen-bond acceptors (Lipinski definition) is 3. The first-order valence-corrected chi connectivity index (χ1v) is 7.68. The van der Waals surface area contributed by atoms with Gasteiger partial charge in [-0.05, 0) is 31.4 Å². The second kappa shape index (κ2) is 6.01. The van der Waals surface area contributed by atoms with E-state index in [0.717, 1.165) is 18.4 Å². The van der Waals surface area contributed by atoms with Crippen molar-refractivity contribution in [3.8, 4) is 6.07 Å². The number of hydrogen-bond donors (Lipinski definition) is 0. The van der Waals surface area contributed by atoms with Gasteiger partial charge in [0, 0.05) is 0 Å². The van der Waals surface area contributed by atoms with Crippen molar-refractivity contribution in [1.29, 1.82) is 5.26 Å². The topological polar surface area (TPSA) is 57.9 Å². The number of nitriles is 1. The van der Waals surface area contributed by atoms with E-state index in [1.54, 1.807) is 24.3 Å². The van der Waals surface area contributed by atoms with Crippen LogP contribution in [0.1, 0.15) is 32.3 Å². The zero-order chi connectivity index (χ0) is 13.8. The van der Waals surface area contributed by atoms with Gasteiger partial charge in [0.25, 0.3) is 0 Å². The minimum absolute atomic E-state index is 0.147. The number of nitrogens with zero attached hydrogens (tertiary/aromatic N) is 1. The number of benzene rings is 1. The maximum absolute atomic E-state index is 12.4. The molecule has 0 saturated heterocycles. The molecule has 0 saturated carbocycles. The molecule has 0 fully saturated rings. The molecule has 0 radical (unpaired) electrons. The van der Waals surface area contributed by atoms with Crippen LogP contribution in [0.4, 0.5) is 0 Å². The summed E-state index contributed by atoms with van der Waals surface area (Å²) in [5.41, 5.74) is 1.00. The summed E-state index contributed by atoms with van der Waals surface area (Å²) < 4.78 is 24.7. The molecule has 0 aliphatic carbocycles. The summed E-state index contributed by atoms with van der Waals surface area (Å²) in [4.78, 5) is 0.239. The van der Waals surface area contributed by atoms with Gasteiger partial charge in [-0.1, -0.05) is 38.0 Å². The Kier molecular flexibility index (Phi) is 4.92. The molecule has 98 valence electrons. The van der Waals surface area contributed by atoms with E-state index in [0.29, 0.717) is 0 Å². The Hall–Kier alpha value is -1.34. The number of aryl methyl sites for hydroxylation is 1. The highest BCUT2D eigenvalue weighted by atomic mass is 32.2. The van der Waals surface area contributed by atoms with E-state index in [1.165, 1.54) is 0 Å². The van der Waals surface area contributed by atoms with Crippen LogP contribution in [0.3, 0.4) is 0 Å². The van der Waals surface area contributed by atoms with Crippen LogP contribution < -0.4 is 0 Å². The molecule has 0 spiro atoms. The van der Waals surface area contributed by atoms with Gasteiger partial charge in [-0.3, -0.25) is 0 Å². The van der Waals surface area contributed by atoms with E-state index in [4.69, 9.17) is 5.26 Å². The van der Waals surface area contributed by atoms with Crippen molar-refractivity contribution in [2.45, 2.75) is 43.8 Å². The molecule has 0 aliphatic heterocycles. The molecule has 1 rings (SSSR count). The summed E-state index contributed by atoms with van der Waals surface area (Å²) in [5, 5.41) is 8.19. The molecule has 0 amide bonds. The average Bonchev–Trinajstić information content (AvgIpc) is 2.30. The summed E-state index contributed by atoms with van der Waals surface area (Å²) in [5.74, 6) is -0.147. The van der Waals surface area contributed by atoms with Gasteiger partial charge in [-0.25, -0.2) is 8.42 Å². The van der Waals surface area contributed by atoms with E-state index in [2.05, 4.69) is 0 Å². The van der Waals surface area contributed by atoms with Crippen molar-refractivity contribution in [1.82, 2.24) is 0 Å². The van der Waals surface area contributed by atoms with E-state index < -0.39 is 15.1 Å². The van der Waals surface area contributed by atoms with Crippen LogP contribution in [0.2, 0.25) is 0 Å². The predicted octanol–water partition coefficient (Wildman–Crippen LogP) is 3.10. The highest BCUT2D eigenvalue weighted by Crippen LogP contribution is 2.24. The fraction of sp³-hybridized carbons (Fsp3) is 0.500. The third-order valence-electron chi connectivity index (χ3n) is 3.07. The smallest absolute Gasteiger partial charge is 0.194 e. The van der Waals surface area contributed by atoms with Crippen molar-refractivity contribution in [3.63, 3.8) is 0 Å². The normalized spacial score (nSPS) is 14.8. The van der Waals surface area contributed by atoms with Crippen LogP contribution in [-0.4, -0.2) is 13.7 Å². The van der Waals surface area contributed by atoms with Crippen LogP contribution in [0.5, 0.6) is 0 Å². The molecular weight excluding hydrogens is 246 g/mol. The van der Waals surface area contributed by atoms with Gasteiger partial charge in [0.05, 0.1) is 11.0 Å². The second-order valence-corrected chi connectivity index (χ2v) is 6.74. The van der Waals surface area contributed by atoms with Crippen LogP contribution >= 0.6 is 0 Å². The molecule has 2 atom stereocenters. The quantitative estimate of drug-likeness (QED) is 0.822. The fourth-order valence-electron chi connectivity index (χ4n) is 1.98. The summed E-state index contributed by atoms with van der Waals surface area (Å²) in [6.45, 7) is 5.71. The number of sulfone groups is 1. The SMILES string of the molecule is CCCC(C)C(C#N)S(=O)(=O)c1ccc(C)cc1. The Balaban J connectivity index is 3.12. The molecule has 18 heavy (non-hydrogen) atoms. The zero-order valence-corrected chi connectivity index (χ0v) is 11.9. The first kappa shape index (κ1) is 14.7. The molecule has 4 heteroatoms. The van der Waals surface area contributed by atoms with Gasteiger partial charge in [-0.2, -0.15) is 5.26 Å². The Morgan fingerprint density at radius 3 is 2.28 bits per heavy atom. The second-order valence-electron chi connectivity index (χ2n) is 4.67. The van der Waals surface area contributed by atoms with Crippen molar-refractivity contribution < 1.29 is 8.42 Å². The molecule has 1 aromatic carbocycles. The minimum atomic E-state index is -3.55. The monoisotopic (exact) mass is 265 g/mol. The van der Waals surface area contributed by atoms with Gasteiger partial charge in [0.15, 0.2) is 15.1 Å². The Morgan fingerprint density at radius 2 is 1.83 bits per heavy atom. The molecule has 3 nitrogen and oxygen atoms in total. The lowest BCUT2D eigenvalue weighted by Crippen LogP contribution is -2.27. The van der Waals surface area contributed by atoms with Crippen LogP contribution in [0, 0.1) is 24.2 Å². The Morgan fingerprint density at radius 1 is 1.28 bits per heavy atom. The van der Waals surface area contributed by atoms with Crippen molar-refractivity contribution >= 4 is 9.84 Å². The maximum Gasteiger partial charge on any atom is 0.194 e. The summed E-state index contributed by atoms with van der Waals surface area (Å²) >= 11 is 0. The summed E-state index contributed by atoms with van der Waals surface area (Å²) in [7, 11) is -3.55. The van der Waals surface area contributed by atoms with Crippen LogP contribution in [0.15, 0.2) is 29.2 Å². The lowest BCUT2D eigenvalue weighted by atomic mass is 10.0. The minimum Gasteiger partial charge on any atom is -0.222 e. The standard InChI is InChI=1S/C14H19NO2S/c1-4-5-12(3)14(10-15)18(16,17)13-8-6-11(2)7-9-13/h6-9,12,14H,4-5H2,1-3H3. The molecule has 2 unspecified atom stereocenters. The molecule has 0 heterocycles. The van der Waals surface area contributed by atoms with Gasteiger partial charge in [-0.15, -0.1) is 0 Å². The van der Waals surface area contributed by atoms with Gasteiger partial charge < -0.3 is 0 Å². The van der Waals surface area contributed by atoms with Crippen LogP contribution in [-0.2, 0) is 9.84 Å². The van der Waals surface area contributed by atoms with Gasteiger partial charge >= 0.3 is 0 Å². The van der Waals surface area contributed by atoms with Crippen molar-refractivity contribution in [3.05, 3.63) is 29.8 Å². The molecular formula is C14H19NO2S. The van der Waals surface area contributed by atoms with E-state index in [1.807, 2.05) is 26.8 Å². The van der Waals surface area contributed by atoms with Gasteiger partial charge in [0.2, 0.25) is 0 Å². The zero-order valence-electron chi connectivity index (χ0n) is 11.1. The molecule has 0 aromatic heterocycles. The summed E-state index contributed by atoms with van der Waals surface area (Å²) in [6.07, 6.45) is 1.62. The van der Waals surface area contributed by atoms with E-state index >= 15 is 0 Å². The van der Waals surface area contributed by atoms with Crippen molar-refractivity contribution in [2.24, 2.45) is 5.92 Å². The first-order valence-electron chi connectivity index (χ1n) is 6.13. The van der Waals surface area contributed by atoms with E-state index in [-0.39, 0.29) is 10.8 Å². The lowest BCUT2D eigenvalue weighted by molar-refractivity contribution is 0.511. The Bertz CT molecular complexity index is 526. The highest BCUT2D eigenvalue weighted by Gasteiger charge is 2.31. The first-order chi connectivity index (χ1) is 8.43. The molecule has 0 N–H and O–H groups in total. The molecule has 1 aromatic rings. The molecule has 0 bridgehead atoms. The predicted molar refractivity (Wildman–Crippen MR) is 71.8 cm³/mol. The third-order valence-corrected chi connectivity index (χ3v) is 5.24. The van der Waals surface area contributed by atoms with Crippen LogP contribution in [0.25, 0.3) is 0 Å².